The number of hydrogen-bond acceptors (Lipinski definition) is 5. The van der Waals surface area contributed by atoms with Crippen molar-refractivity contribution >= 4 is 0 Å². The van der Waals surface area contributed by atoms with Crippen molar-refractivity contribution < 1.29 is 9.94 Å². The number of rotatable bonds is 5. The van der Waals surface area contributed by atoms with Gasteiger partial charge in [0.15, 0.2) is 0 Å². The first-order valence-corrected chi connectivity index (χ1v) is 7.29. The Kier molecular flexibility index (Phi) is 4.35. The van der Waals surface area contributed by atoms with Crippen LogP contribution < -0.4 is 4.84 Å². The molecule has 1 fully saturated rings. The molecule has 21 heavy (non-hydrogen) atoms. The maximum absolute atomic E-state index is 9.50. The third-order valence-corrected chi connectivity index (χ3v) is 3.87. The summed E-state index contributed by atoms with van der Waals surface area (Å²) in [5, 5.41) is 17.0. The van der Waals surface area contributed by atoms with E-state index >= 15 is 0 Å². The van der Waals surface area contributed by atoms with Crippen LogP contribution in [0.4, 0.5) is 0 Å². The predicted octanol–water partition coefficient (Wildman–Crippen LogP) is 1.32. The van der Waals surface area contributed by atoms with Crippen molar-refractivity contribution in [1.29, 1.82) is 0 Å². The van der Waals surface area contributed by atoms with Crippen LogP contribution in [0.5, 0.6) is 5.75 Å². The van der Waals surface area contributed by atoms with Gasteiger partial charge in [0.25, 0.3) is 0 Å². The normalized spacial score (nSPS) is 17.0. The van der Waals surface area contributed by atoms with Gasteiger partial charge >= 0.3 is 0 Å². The zero-order chi connectivity index (χ0) is 14.5. The summed E-state index contributed by atoms with van der Waals surface area (Å²) in [6.45, 7) is 3.69. The fourth-order valence-electron chi connectivity index (χ4n) is 2.67. The van der Waals surface area contributed by atoms with Gasteiger partial charge in [-0.3, -0.25) is 4.90 Å². The Morgan fingerprint density at radius 1 is 1.29 bits per heavy atom. The molecule has 2 heterocycles. The molecule has 1 aromatic carbocycles. The number of hydrogen-bond donors (Lipinski definition) is 1. The summed E-state index contributed by atoms with van der Waals surface area (Å²) < 4.78 is 0. The minimum absolute atomic E-state index is 0.337. The second-order valence-corrected chi connectivity index (χ2v) is 5.49. The lowest BCUT2D eigenvalue weighted by Crippen LogP contribution is -2.36. The topological polar surface area (TPSA) is 63.4 Å². The van der Waals surface area contributed by atoms with Crippen LogP contribution in [-0.4, -0.2) is 44.9 Å². The van der Waals surface area contributed by atoms with E-state index in [1.165, 1.54) is 4.85 Å². The lowest BCUT2D eigenvalue weighted by Gasteiger charge is -2.31. The van der Waals surface area contributed by atoms with Crippen molar-refractivity contribution in [2.45, 2.75) is 19.4 Å². The molecule has 1 N–H and O–H groups in total. The second-order valence-electron chi connectivity index (χ2n) is 5.49. The number of phenolic OH excluding ortho intramolecular Hbond substituents is 1. The molecule has 0 spiro atoms. The molecule has 0 unspecified atom stereocenters. The van der Waals surface area contributed by atoms with Crippen LogP contribution in [0, 0.1) is 5.92 Å². The molecule has 1 aliphatic heterocycles. The number of likely N-dealkylation sites (tertiary alicyclic amines) is 1. The number of nitrogens with zero attached hydrogens (tertiary/aromatic N) is 4. The smallest absolute Gasteiger partial charge is 0.120 e. The third-order valence-electron chi connectivity index (χ3n) is 3.87. The lowest BCUT2D eigenvalue weighted by atomic mass is 9.97. The summed E-state index contributed by atoms with van der Waals surface area (Å²) in [6.07, 6.45) is 5.55. The number of aromatic hydroxyl groups is 1. The Morgan fingerprint density at radius 3 is 2.86 bits per heavy atom. The minimum atomic E-state index is 0.337. The number of aromatic nitrogens is 3. The van der Waals surface area contributed by atoms with E-state index in [1.54, 1.807) is 18.5 Å². The Bertz CT molecular complexity index is 551. The van der Waals surface area contributed by atoms with E-state index in [0.29, 0.717) is 18.3 Å². The van der Waals surface area contributed by atoms with Crippen LogP contribution in [0.2, 0.25) is 0 Å². The highest BCUT2D eigenvalue weighted by Crippen LogP contribution is 2.20. The van der Waals surface area contributed by atoms with E-state index in [4.69, 9.17) is 4.84 Å². The highest BCUT2D eigenvalue weighted by Gasteiger charge is 2.20. The van der Waals surface area contributed by atoms with Gasteiger partial charge in [0, 0.05) is 6.54 Å². The summed E-state index contributed by atoms with van der Waals surface area (Å²) in [5.74, 6) is 0.901. The van der Waals surface area contributed by atoms with Crippen LogP contribution in [0.3, 0.4) is 0 Å². The molecule has 1 saturated heterocycles. The van der Waals surface area contributed by atoms with Crippen LogP contribution in [0.15, 0.2) is 36.7 Å². The maximum atomic E-state index is 9.50. The van der Waals surface area contributed by atoms with E-state index in [0.717, 1.165) is 38.0 Å². The lowest BCUT2D eigenvalue weighted by molar-refractivity contribution is 0.0319. The average molecular weight is 288 g/mol. The molecule has 6 heteroatoms. The van der Waals surface area contributed by atoms with Gasteiger partial charge in [-0.05, 0) is 54.8 Å². The molecule has 0 radical (unpaired) electrons. The third kappa shape index (κ3) is 3.95. The first-order chi connectivity index (χ1) is 10.3. The van der Waals surface area contributed by atoms with Crippen molar-refractivity contribution in [2.75, 3.05) is 19.7 Å². The molecule has 0 atom stereocenters. The molecule has 2 aromatic rings. The van der Waals surface area contributed by atoms with Gasteiger partial charge in [0.1, 0.15) is 12.4 Å². The number of benzene rings is 1. The van der Waals surface area contributed by atoms with Gasteiger partial charge in [-0.25, -0.2) is 0 Å². The fourth-order valence-corrected chi connectivity index (χ4v) is 2.67. The molecular weight excluding hydrogens is 268 g/mol. The highest BCUT2D eigenvalue weighted by atomic mass is 16.7. The Balaban J connectivity index is 1.42. The van der Waals surface area contributed by atoms with Gasteiger partial charge < -0.3 is 9.94 Å². The van der Waals surface area contributed by atoms with Gasteiger partial charge in [-0.1, -0.05) is 17.0 Å². The van der Waals surface area contributed by atoms with Crippen molar-refractivity contribution in [3.8, 4) is 5.75 Å². The van der Waals surface area contributed by atoms with Crippen LogP contribution in [0.25, 0.3) is 0 Å². The summed E-state index contributed by atoms with van der Waals surface area (Å²) in [5.41, 5.74) is 1.16. The summed E-state index contributed by atoms with van der Waals surface area (Å²) in [6, 6.07) is 7.49. The van der Waals surface area contributed by atoms with E-state index in [-0.39, 0.29) is 0 Å². The Hall–Kier alpha value is -2.08. The zero-order valence-electron chi connectivity index (χ0n) is 11.9. The molecule has 1 aliphatic rings. The number of piperidine rings is 1. The molecule has 0 bridgehead atoms. The Labute approximate surface area is 123 Å². The van der Waals surface area contributed by atoms with E-state index < -0.39 is 0 Å². The van der Waals surface area contributed by atoms with E-state index in [9.17, 15) is 5.11 Å². The standard InChI is InChI=1S/C15H20N4O2/c20-15-3-1-2-14(10-15)11-18-7-4-13(5-8-18)12-21-19-9-6-16-17-19/h1-3,6,9-10,13,20H,4-5,7-8,11-12H2. The van der Waals surface area contributed by atoms with Crippen molar-refractivity contribution in [1.82, 2.24) is 20.1 Å². The molecule has 3 rings (SSSR count). The molecule has 0 aliphatic carbocycles. The van der Waals surface area contributed by atoms with Gasteiger partial charge in [-0.2, -0.15) is 0 Å². The van der Waals surface area contributed by atoms with Crippen molar-refractivity contribution in [3.05, 3.63) is 42.2 Å². The van der Waals surface area contributed by atoms with Crippen molar-refractivity contribution in [2.24, 2.45) is 5.92 Å². The molecule has 0 amide bonds. The monoisotopic (exact) mass is 288 g/mol. The van der Waals surface area contributed by atoms with Gasteiger partial charge in [-0.15, -0.1) is 5.10 Å². The van der Waals surface area contributed by atoms with E-state index in [1.807, 2.05) is 12.1 Å². The first-order valence-electron chi connectivity index (χ1n) is 7.29. The predicted molar refractivity (Wildman–Crippen MR) is 77.6 cm³/mol. The Morgan fingerprint density at radius 2 is 2.14 bits per heavy atom. The maximum Gasteiger partial charge on any atom is 0.120 e. The summed E-state index contributed by atoms with van der Waals surface area (Å²) in [4.78, 5) is 9.38. The SMILES string of the molecule is Oc1cccc(CN2CCC(COn3ccnn3)CC2)c1. The minimum Gasteiger partial charge on any atom is -0.508 e. The van der Waals surface area contributed by atoms with Gasteiger partial charge in [0.05, 0.1) is 12.4 Å². The zero-order valence-corrected chi connectivity index (χ0v) is 11.9. The average Bonchev–Trinajstić information content (AvgIpc) is 3.00. The number of phenols is 1. The van der Waals surface area contributed by atoms with Crippen LogP contribution in [-0.2, 0) is 6.54 Å². The highest BCUT2D eigenvalue weighted by molar-refractivity contribution is 5.27. The summed E-state index contributed by atoms with van der Waals surface area (Å²) >= 11 is 0. The summed E-state index contributed by atoms with van der Waals surface area (Å²) in [7, 11) is 0. The first kappa shape index (κ1) is 13.9. The van der Waals surface area contributed by atoms with Crippen molar-refractivity contribution in [3.63, 3.8) is 0 Å². The second kappa shape index (κ2) is 6.58. The molecule has 112 valence electrons. The van der Waals surface area contributed by atoms with Gasteiger partial charge in [0.2, 0.25) is 0 Å². The molecule has 1 aromatic heterocycles. The fraction of sp³-hybridized carbons (Fsp3) is 0.467. The van der Waals surface area contributed by atoms with E-state index in [2.05, 4.69) is 21.3 Å². The molecule has 0 saturated carbocycles. The van der Waals surface area contributed by atoms with Crippen LogP contribution >= 0.6 is 0 Å². The largest absolute Gasteiger partial charge is 0.508 e. The van der Waals surface area contributed by atoms with Crippen LogP contribution in [0.1, 0.15) is 18.4 Å². The molecule has 6 nitrogen and oxygen atoms in total. The molecular formula is C15H20N4O2. The quantitative estimate of drug-likeness (QED) is 0.899.